The standard InChI is InChI=1S/C24H32N4O2/c1-24(2,14-16-7-5-4-6-8-16)15-27-23(25-3)26-11-12-28-21(29)19-17-9-10-18(13-17)20(19)22(28)30/h4-10,17-20H,11-15H2,1-3H3,(H2,25,26,27). The lowest BCUT2D eigenvalue weighted by atomic mass is 9.85. The summed E-state index contributed by atoms with van der Waals surface area (Å²) < 4.78 is 0. The number of fused-ring (bicyclic) bond motifs is 5. The van der Waals surface area contributed by atoms with E-state index in [-0.39, 0.29) is 40.9 Å². The van der Waals surface area contributed by atoms with E-state index in [1.807, 2.05) is 6.07 Å². The van der Waals surface area contributed by atoms with Crippen LogP contribution in [0.15, 0.2) is 47.5 Å². The number of nitrogens with zero attached hydrogens (tertiary/aromatic N) is 2. The first-order valence-electron chi connectivity index (χ1n) is 10.9. The van der Waals surface area contributed by atoms with Gasteiger partial charge in [-0.2, -0.15) is 0 Å². The molecule has 160 valence electrons. The number of carbonyl (C=O) groups is 2. The number of nitrogens with one attached hydrogen (secondary N) is 2. The summed E-state index contributed by atoms with van der Waals surface area (Å²) in [6, 6.07) is 10.5. The van der Waals surface area contributed by atoms with Crippen LogP contribution in [0.2, 0.25) is 0 Å². The van der Waals surface area contributed by atoms with Crippen molar-refractivity contribution in [2.75, 3.05) is 26.7 Å². The Kier molecular flexibility index (Phi) is 5.67. The van der Waals surface area contributed by atoms with Gasteiger partial charge in [-0.05, 0) is 35.7 Å². The summed E-state index contributed by atoms with van der Waals surface area (Å²) in [5.74, 6) is 0.988. The van der Waals surface area contributed by atoms with Crippen molar-refractivity contribution < 1.29 is 9.59 Å². The second-order valence-electron chi connectivity index (χ2n) is 9.51. The van der Waals surface area contributed by atoms with E-state index in [9.17, 15) is 9.59 Å². The van der Waals surface area contributed by atoms with Crippen LogP contribution >= 0.6 is 0 Å². The van der Waals surface area contributed by atoms with Crippen LogP contribution in [0.5, 0.6) is 0 Å². The fraction of sp³-hybridized carbons (Fsp3) is 0.542. The van der Waals surface area contributed by atoms with Crippen molar-refractivity contribution in [2.45, 2.75) is 26.7 Å². The molecule has 1 aromatic rings. The molecule has 2 bridgehead atoms. The van der Waals surface area contributed by atoms with Crippen molar-refractivity contribution in [2.24, 2.45) is 34.1 Å². The largest absolute Gasteiger partial charge is 0.356 e. The minimum absolute atomic E-state index is 0.00981. The number of imide groups is 1. The van der Waals surface area contributed by atoms with Crippen molar-refractivity contribution in [3.05, 3.63) is 48.0 Å². The predicted molar refractivity (Wildman–Crippen MR) is 118 cm³/mol. The summed E-state index contributed by atoms with van der Waals surface area (Å²) in [6.45, 7) is 6.10. The average Bonchev–Trinajstić information content (AvgIpc) is 3.40. The minimum atomic E-state index is -0.122. The zero-order chi connectivity index (χ0) is 21.3. The Hall–Kier alpha value is -2.63. The third-order valence-corrected chi connectivity index (χ3v) is 6.67. The van der Waals surface area contributed by atoms with Gasteiger partial charge in [-0.3, -0.25) is 19.5 Å². The topological polar surface area (TPSA) is 73.8 Å². The van der Waals surface area contributed by atoms with E-state index in [1.54, 1.807) is 7.05 Å². The van der Waals surface area contributed by atoms with E-state index in [0.29, 0.717) is 19.0 Å². The molecule has 3 aliphatic rings. The maximum atomic E-state index is 12.8. The molecule has 2 N–H and O–H groups in total. The number of benzene rings is 1. The van der Waals surface area contributed by atoms with E-state index in [0.717, 1.165) is 19.4 Å². The number of hydrogen-bond acceptors (Lipinski definition) is 3. The number of likely N-dealkylation sites (tertiary alicyclic amines) is 1. The highest BCUT2D eigenvalue weighted by Crippen LogP contribution is 2.52. The van der Waals surface area contributed by atoms with E-state index < -0.39 is 0 Å². The van der Waals surface area contributed by atoms with Crippen molar-refractivity contribution in [1.82, 2.24) is 15.5 Å². The van der Waals surface area contributed by atoms with Gasteiger partial charge in [0.1, 0.15) is 0 Å². The fourth-order valence-electron chi connectivity index (χ4n) is 5.23. The Morgan fingerprint density at radius 2 is 1.70 bits per heavy atom. The van der Waals surface area contributed by atoms with Crippen LogP contribution in [0, 0.1) is 29.1 Å². The summed E-state index contributed by atoms with van der Waals surface area (Å²) >= 11 is 0. The van der Waals surface area contributed by atoms with Gasteiger partial charge in [-0.1, -0.05) is 56.3 Å². The van der Waals surface area contributed by atoms with Crippen molar-refractivity contribution in [3.63, 3.8) is 0 Å². The van der Waals surface area contributed by atoms with Gasteiger partial charge in [0, 0.05) is 26.7 Å². The lowest BCUT2D eigenvalue weighted by molar-refractivity contribution is -0.140. The highest BCUT2D eigenvalue weighted by atomic mass is 16.2. The van der Waals surface area contributed by atoms with Crippen LogP contribution in [0.25, 0.3) is 0 Å². The van der Waals surface area contributed by atoms with E-state index in [4.69, 9.17) is 0 Å². The van der Waals surface area contributed by atoms with E-state index in [1.165, 1.54) is 10.5 Å². The van der Waals surface area contributed by atoms with Crippen LogP contribution in [-0.4, -0.2) is 49.4 Å². The molecule has 1 aromatic carbocycles. The van der Waals surface area contributed by atoms with Crippen LogP contribution < -0.4 is 10.6 Å². The SMILES string of the molecule is CN=C(NCCN1C(=O)C2C3C=CC(C3)C2C1=O)NCC(C)(C)Cc1ccccc1. The Labute approximate surface area is 178 Å². The molecule has 4 unspecified atom stereocenters. The summed E-state index contributed by atoms with van der Waals surface area (Å²) in [5, 5.41) is 6.64. The van der Waals surface area contributed by atoms with E-state index in [2.05, 4.69) is 65.9 Å². The highest BCUT2D eigenvalue weighted by molar-refractivity contribution is 6.06. The number of hydrogen-bond donors (Lipinski definition) is 2. The first kappa shape index (κ1) is 20.6. The highest BCUT2D eigenvalue weighted by Gasteiger charge is 2.58. The molecule has 1 saturated heterocycles. The number of aliphatic imine (C=N–C) groups is 1. The van der Waals surface area contributed by atoms with E-state index >= 15 is 0 Å². The van der Waals surface area contributed by atoms with Gasteiger partial charge >= 0.3 is 0 Å². The molecule has 6 nitrogen and oxygen atoms in total. The lowest BCUT2D eigenvalue weighted by Gasteiger charge is -2.26. The summed E-state index contributed by atoms with van der Waals surface area (Å²) in [7, 11) is 1.74. The van der Waals surface area contributed by atoms with Crippen molar-refractivity contribution >= 4 is 17.8 Å². The van der Waals surface area contributed by atoms with Crippen LogP contribution in [0.3, 0.4) is 0 Å². The second-order valence-corrected chi connectivity index (χ2v) is 9.51. The Balaban J connectivity index is 1.24. The molecular formula is C24H32N4O2. The summed E-state index contributed by atoms with van der Waals surface area (Å²) in [6.07, 6.45) is 6.19. The number of carbonyl (C=O) groups excluding carboxylic acids is 2. The van der Waals surface area contributed by atoms with Gasteiger partial charge in [0.2, 0.25) is 11.8 Å². The van der Waals surface area contributed by atoms with Gasteiger partial charge in [0.25, 0.3) is 0 Å². The molecule has 1 aliphatic heterocycles. The Bertz CT molecular complexity index is 831. The lowest BCUT2D eigenvalue weighted by Crippen LogP contribution is -2.46. The molecule has 0 spiro atoms. The molecule has 1 saturated carbocycles. The van der Waals surface area contributed by atoms with Crippen molar-refractivity contribution in [1.29, 1.82) is 0 Å². The number of rotatable bonds is 7. The first-order valence-corrected chi connectivity index (χ1v) is 10.9. The van der Waals surface area contributed by atoms with Gasteiger partial charge in [-0.25, -0.2) is 0 Å². The zero-order valence-corrected chi connectivity index (χ0v) is 18.1. The fourth-order valence-corrected chi connectivity index (χ4v) is 5.23. The molecule has 2 amide bonds. The Morgan fingerprint density at radius 3 is 2.30 bits per heavy atom. The first-order chi connectivity index (χ1) is 14.4. The zero-order valence-electron chi connectivity index (χ0n) is 18.1. The molecule has 30 heavy (non-hydrogen) atoms. The predicted octanol–water partition coefficient (Wildman–Crippen LogP) is 2.23. The summed E-state index contributed by atoms with van der Waals surface area (Å²) in [5.41, 5.74) is 1.37. The van der Waals surface area contributed by atoms with Gasteiger partial charge in [-0.15, -0.1) is 0 Å². The quantitative estimate of drug-likeness (QED) is 0.314. The van der Waals surface area contributed by atoms with Crippen LogP contribution in [0.4, 0.5) is 0 Å². The molecule has 0 radical (unpaired) electrons. The molecule has 1 heterocycles. The molecular weight excluding hydrogens is 376 g/mol. The molecule has 0 aromatic heterocycles. The molecule has 2 fully saturated rings. The summed E-state index contributed by atoms with van der Waals surface area (Å²) in [4.78, 5) is 31.3. The smallest absolute Gasteiger partial charge is 0.233 e. The number of guanidine groups is 1. The monoisotopic (exact) mass is 408 g/mol. The molecule has 4 rings (SSSR count). The molecule has 2 aliphatic carbocycles. The second kappa shape index (κ2) is 8.25. The molecule has 4 atom stereocenters. The average molecular weight is 409 g/mol. The third kappa shape index (κ3) is 4.00. The van der Waals surface area contributed by atoms with Gasteiger partial charge in [0.05, 0.1) is 11.8 Å². The third-order valence-electron chi connectivity index (χ3n) is 6.67. The Morgan fingerprint density at radius 1 is 1.07 bits per heavy atom. The minimum Gasteiger partial charge on any atom is -0.356 e. The molecule has 6 heteroatoms. The van der Waals surface area contributed by atoms with Crippen molar-refractivity contribution in [3.8, 4) is 0 Å². The maximum Gasteiger partial charge on any atom is 0.233 e. The number of allylic oxidation sites excluding steroid dienone is 2. The normalized spacial score (nSPS) is 27.7. The van der Waals surface area contributed by atoms with Crippen LogP contribution in [-0.2, 0) is 16.0 Å². The van der Waals surface area contributed by atoms with Gasteiger partial charge < -0.3 is 10.6 Å². The van der Waals surface area contributed by atoms with Crippen LogP contribution in [0.1, 0.15) is 25.8 Å². The van der Waals surface area contributed by atoms with Gasteiger partial charge in [0.15, 0.2) is 5.96 Å². The maximum absolute atomic E-state index is 12.8. The number of amides is 2.